The van der Waals surface area contributed by atoms with Gasteiger partial charge in [-0.2, -0.15) is 4.98 Å². The molecule has 0 aliphatic carbocycles. The summed E-state index contributed by atoms with van der Waals surface area (Å²) in [6, 6.07) is 14.6. The summed E-state index contributed by atoms with van der Waals surface area (Å²) >= 11 is 0. The zero-order valence-corrected chi connectivity index (χ0v) is 15.3. The number of nitrogens with zero attached hydrogens (tertiary/aromatic N) is 3. The fraction of sp³-hybridized carbons (Fsp3) is 0.200. The lowest BCUT2D eigenvalue weighted by Gasteiger charge is -2.18. The van der Waals surface area contributed by atoms with Gasteiger partial charge in [0.15, 0.2) is 5.82 Å². The standard InChI is InChI=1S/C20H19N5O3/c1-13-7-8-15(11-16(13)25-10-9-21-20(25)27)18(26)22-12-17-23-19(28-24-17)14-5-3-2-4-6-14/h2-8,11H,9-10,12H2,1H3,(H,21,27)(H,22,26). The molecule has 28 heavy (non-hydrogen) atoms. The molecule has 1 aromatic heterocycles. The van der Waals surface area contributed by atoms with Crippen molar-refractivity contribution in [2.75, 3.05) is 18.0 Å². The minimum absolute atomic E-state index is 0.141. The first-order valence-electron chi connectivity index (χ1n) is 8.94. The van der Waals surface area contributed by atoms with Crippen LogP contribution in [0.25, 0.3) is 11.5 Å². The van der Waals surface area contributed by atoms with Crippen LogP contribution in [0.5, 0.6) is 0 Å². The molecule has 1 saturated heterocycles. The van der Waals surface area contributed by atoms with Crippen LogP contribution in [-0.4, -0.2) is 35.2 Å². The Kier molecular flexibility index (Phi) is 4.76. The molecule has 0 saturated carbocycles. The molecule has 2 aromatic carbocycles. The van der Waals surface area contributed by atoms with Gasteiger partial charge in [-0.3, -0.25) is 9.69 Å². The Bertz CT molecular complexity index is 1020. The highest BCUT2D eigenvalue weighted by Crippen LogP contribution is 2.23. The highest BCUT2D eigenvalue weighted by molar-refractivity contribution is 5.99. The van der Waals surface area contributed by atoms with Gasteiger partial charge in [-0.15, -0.1) is 0 Å². The van der Waals surface area contributed by atoms with Crippen molar-refractivity contribution < 1.29 is 14.1 Å². The van der Waals surface area contributed by atoms with E-state index in [2.05, 4.69) is 20.8 Å². The molecule has 8 nitrogen and oxygen atoms in total. The number of amides is 3. The minimum atomic E-state index is -0.271. The maximum absolute atomic E-state index is 12.5. The zero-order valence-electron chi connectivity index (χ0n) is 15.3. The molecule has 0 radical (unpaired) electrons. The van der Waals surface area contributed by atoms with Gasteiger partial charge in [-0.1, -0.05) is 29.4 Å². The van der Waals surface area contributed by atoms with Gasteiger partial charge in [0.2, 0.25) is 0 Å². The molecule has 2 N–H and O–H groups in total. The molecule has 8 heteroatoms. The normalized spacial score (nSPS) is 13.5. The van der Waals surface area contributed by atoms with Crippen molar-refractivity contribution in [1.29, 1.82) is 0 Å². The number of carbonyl (C=O) groups excluding carboxylic acids is 2. The van der Waals surface area contributed by atoms with Crippen molar-refractivity contribution >= 4 is 17.6 Å². The molecule has 0 atom stereocenters. The van der Waals surface area contributed by atoms with Crippen LogP contribution in [0.3, 0.4) is 0 Å². The third kappa shape index (κ3) is 3.57. The summed E-state index contributed by atoms with van der Waals surface area (Å²) in [5.74, 6) is 0.521. The van der Waals surface area contributed by atoms with Gasteiger partial charge in [-0.05, 0) is 36.8 Å². The third-order valence-electron chi connectivity index (χ3n) is 4.51. The van der Waals surface area contributed by atoms with Gasteiger partial charge in [-0.25, -0.2) is 4.79 Å². The maximum Gasteiger partial charge on any atom is 0.322 e. The largest absolute Gasteiger partial charge is 0.345 e. The molecule has 0 bridgehead atoms. The first-order valence-corrected chi connectivity index (χ1v) is 8.94. The van der Waals surface area contributed by atoms with E-state index in [4.69, 9.17) is 4.52 Å². The lowest BCUT2D eigenvalue weighted by atomic mass is 10.1. The first kappa shape index (κ1) is 17.7. The molecule has 1 aliphatic rings. The smallest absolute Gasteiger partial charge is 0.322 e. The van der Waals surface area contributed by atoms with E-state index in [1.165, 1.54) is 0 Å². The Morgan fingerprint density at radius 2 is 2.07 bits per heavy atom. The second-order valence-corrected chi connectivity index (χ2v) is 6.45. The number of anilines is 1. The molecule has 0 unspecified atom stereocenters. The van der Waals surface area contributed by atoms with Gasteiger partial charge in [0.1, 0.15) is 0 Å². The summed E-state index contributed by atoms with van der Waals surface area (Å²) in [7, 11) is 0. The van der Waals surface area contributed by atoms with Crippen molar-refractivity contribution in [3.05, 3.63) is 65.5 Å². The third-order valence-corrected chi connectivity index (χ3v) is 4.51. The van der Waals surface area contributed by atoms with E-state index in [1.807, 2.05) is 43.3 Å². The molecule has 2 heterocycles. The molecule has 142 valence electrons. The van der Waals surface area contributed by atoms with Crippen LogP contribution in [0.2, 0.25) is 0 Å². The highest BCUT2D eigenvalue weighted by atomic mass is 16.5. The number of benzene rings is 2. The van der Waals surface area contributed by atoms with E-state index in [-0.39, 0.29) is 18.5 Å². The molecule has 3 amide bonds. The number of carbonyl (C=O) groups is 2. The van der Waals surface area contributed by atoms with Crippen molar-refractivity contribution in [1.82, 2.24) is 20.8 Å². The van der Waals surface area contributed by atoms with Crippen LogP contribution in [0.15, 0.2) is 53.1 Å². The van der Waals surface area contributed by atoms with E-state index in [1.54, 1.807) is 17.0 Å². The van der Waals surface area contributed by atoms with Crippen LogP contribution in [0, 0.1) is 6.92 Å². The molecule has 0 spiro atoms. The molecule has 1 aliphatic heterocycles. The van der Waals surface area contributed by atoms with Crippen LogP contribution in [0.4, 0.5) is 10.5 Å². The topological polar surface area (TPSA) is 100 Å². The number of nitrogens with one attached hydrogen (secondary N) is 2. The van der Waals surface area contributed by atoms with Gasteiger partial charge >= 0.3 is 6.03 Å². The molecule has 1 fully saturated rings. The summed E-state index contributed by atoms with van der Waals surface area (Å²) in [6.07, 6.45) is 0. The van der Waals surface area contributed by atoms with E-state index in [9.17, 15) is 9.59 Å². The predicted molar refractivity (Wildman–Crippen MR) is 103 cm³/mol. The lowest BCUT2D eigenvalue weighted by molar-refractivity contribution is 0.0949. The van der Waals surface area contributed by atoms with Crippen molar-refractivity contribution in [3.8, 4) is 11.5 Å². The number of rotatable bonds is 5. The highest BCUT2D eigenvalue weighted by Gasteiger charge is 2.23. The first-order chi connectivity index (χ1) is 13.6. The fourth-order valence-electron chi connectivity index (χ4n) is 3.03. The number of aromatic nitrogens is 2. The van der Waals surface area contributed by atoms with Gasteiger partial charge in [0.05, 0.1) is 6.54 Å². The Morgan fingerprint density at radius 1 is 1.25 bits per heavy atom. The molecule has 3 aromatic rings. The summed E-state index contributed by atoms with van der Waals surface area (Å²) in [6.45, 7) is 3.22. The van der Waals surface area contributed by atoms with Crippen LogP contribution in [-0.2, 0) is 6.54 Å². The molecule has 4 rings (SSSR count). The summed E-state index contributed by atoms with van der Waals surface area (Å²) in [4.78, 5) is 30.4. The van der Waals surface area contributed by atoms with Crippen molar-refractivity contribution in [2.24, 2.45) is 0 Å². The summed E-state index contributed by atoms with van der Waals surface area (Å²) in [5, 5.41) is 9.45. The zero-order chi connectivity index (χ0) is 19.5. The number of hydrogen-bond acceptors (Lipinski definition) is 5. The maximum atomic E-state index is 12.5. The quantitative estimate of drug-likeness (QED) is 0.712. The van der Waals surface area contributed by atoms with Crippen LogP contribution in [0.1, 0.15) is 21.7 Å². The Balaban J connectivity index is 1.44. The van der Waals surface area contributed by atoms with Crippen molar-refractivity contribution in [3.63, 3.8) is 0 Å². The second kappa shape index (κ2) is 7.51. The van der Waals surface area contributed by atoms with Crippen molar-refractivity contribution in [2.45, 2.75) is 13.5 Å². The van der Waals surface area contributed by atoms with Gasteiger partial charge in [0, 0.05) is 29.9 Å². The Labute approximate surface area is 161 Å². The summed E-state index contributed by atoms with van der Waals surface area (Å²) in [5.41, 5.74) is 2.94. The fourth-order valence-corrected chi connectivity index (χ4v) is 3.03. The second-order valence-electron chi connectivity index (χ2n) is 6.45. The number of hydrogen-bond donors (Lipinski definition) is 2. The van der Waals surface area contributed by atoms with Gasteiger partial charge in [0.25, 0.3) is 11.8 Å². The van der Waals surface area contributed by atoms with E-state index in [0.29, 0.717) is 30.4 Å². The number of urea groups is 1. The SMILES string of the molecule is Cc1ccc(C(=O)NCc2noc(-c3ccccc3)n2)cc1N1CCNC1=O. The van der Waals surface area contributed by atoms with E-state index < -0.39 is 0 Å². The van der Waals surface area contributed by atoms with Gasteiger partial charge < -0.3 is 15.2 Å². The van der Waals surface area contributed by atoms with Crippen LogP contribution >= 0.6 is 0 Å². The minimum Gasteiger partial charge on any atom is -0.345 e. The molecular formula is C20H19N5O3. The summed E-state index contributed by atoms with van der Waals surface area (Å²) < 4.78 is 5.24. The van der Waals surface area contributed by atoms with Crippen LogP contribution < -0.4 is 15.5 Å². The van der Waals surface area contributed by atoms with E-state index >= 15 is 0 Å². The average Bonchev–Trinajstić information content (AvgIpc) is 3.36. The average molecular weight is 377 g/mol. The Morgan fingerprint density at radius 3 is 2.82 bits per heavy atom. The predicted octanol–water partition coefficient (Wildman–Crippen LogP) is 2.50. The van der Waals surface area contributed by atoms with E-state index in [0.717, 1.165) is 16.8 Å². The molecular weight excluding hydrogens is 358 g/mol. The lowest BCUT2D eigenvalue weighted by Crippen LogP contribution is -2.29. The monoisotopic (exact) mass is 377 g/mol. The Hall–Kier alpha value is -3.68. The number of aryl methyl sites for hydroxylation is 1.